The number of pyridine rings is 2. The highest BCUT2D eigenvalue weighted by Crippen LogP contribution is 2.32. The number of carbonyl (C=O) groups excluding carboxylic acids is 1. The summed E-state index contributed by atoms with van der Waals surface area (Å²) in [4.78, 5) is 36.8. The van der Waals surface area contributed by atoms with E-state index in [1.165, 1.54) is 6.07 Å². The first-order valence-electron chi connectivity index (χ1n) is 13.0. The molecule has 37 heavy (non-hydrogen) atoms. The topological polar surface area (TPSA) is 105 Å². The van der Waals surface area contributed by atoms with E-state index in [-0.39, 0.29) is 28.8 Å². The van der Waals surface area contributed by atoms with Gasteiger partial charge in [0.25, 0.3) is 11.5 Å². The fraction of sp³-hybridized carbons (Fsp3) is 0.429. The number of nitriles is 1. The number of piperidine rings is 1. The van der Waals surface area contributed by atoms with Crippen molar-refractivity contribution in [3.63, 3.8) is 0 Å². The molecule has 1 aliphatic carbocycles. The first kappa shape index (κ1) is 23.6. The summed E-state index contributed by atoms with van der Waals surface area (Å²) in [6.45, 7) is 3.43. The molecule has 6 rings (SSSR count). The lowest BCUT2D eigenvalue weighted by molar-refractivity contribution is 0.0946. The summed E-state index contributed by atoms with van der Waals surface area (Å²) < 4.78 is 14.1. The molecule has 1 atom stereocenters. The second kappa shape index (κ2) is 9.60. The van der Waals surface area contributed by atoms with Gasteiger partial charge in [-0.15, -0.1) is 0 Å². The van der Waals surface area contributed by atoms with Crippen LogP contribution in [0.2, 0.25) is 0 Å². The summed E-state index contributed by atoms with van der Waals surface area (Å²) >= 11 is 0. The number of halogens is 1. The van der Waals surface area contributed by atoms with Crippen LogP contribution in [0.1, 0.15) is 59.9 Å². The van der Waals surface area contributed by atoms with Crippen LogP contribution in [-0.2, 0) is 0 Å². The average Bonchev–Trinajstić information content (AvgIpc) is 3.59. The normalized spacial score (nSPS) is 20.8. The van der Waals surface area contributed by atoms with Gasteiger partial charge < -0.3 is 15.2 Å². The van der Waals surface area contributed by atoms with Crippen LogP contribution in [-0.4, -0.2) is 59.0 Å². The van der Waals surface area contributed by atoms with E-state index in [0.717, 1.165) is 69.7 Å². The minimum Gasteiger partial charge on any atom is -0.369 e. The summed E-state index contributed by atoms with van der Waals surface area (Å²) in [6.07, 6.45) is 4.87. The third-order valence-electron chi connectivity index (χ3n) is 7.95. The van der Waals surface area contributed by atoms with E-state index in [9.17, 15) is 19.2 Å². The molecule has 1 unspecified atom stereocenters. The molecule has 0 spiro atoms. The smallest absolute Gasteiger partial charge is 0.270 e. The summed E-state index contributed by atoms with van der Waals surface area (Å²) in [5.74, 6) is -0.496. The third kappa shape index (κ3) is 4.69. The summed E-state index contributed by atoms with van der Waals surface area (Å²) in [7, 11) is 0. The highest BCUT2D eigenvalue weighted by Gasteiger charge is 2.33. The lowest BCUT2D eigenvalue weighted by Crippen LogP contribution is -2.44. The summed E-state index contributed by atoms with van der Waals surface area (Å²) in [5.41, 5.74) is 1.87. The number of rotatable bonds is 5. The predicted molar refractivity (Wildman–Crippen MR) is 138 cm³/mol. The Kier molecular flexibility index (Phi) is 6.13. The van der Waals surface area contributed by atoms with Gasteiger partial charge in [-0.25, -0.2) is 9.37 Å². The van der Waals surface area contributed by atoms with Crippen LogP contribution in [0.3, 0.4) is 0 Å². The minimum atomic E-state index is -0.490. The molecule has 3 aliphatic rings. The van der Waals surface area contributed by atoms with E-state index in [1.54, 1.807) is 18.2 Å². The Morgan fingerprint density at radius 3 is 2.68 bits per heavy atom. The Bertz CT molecular complexity index is 1450. The SMILES string of the molecule is N#Cc1nc(C(=O)NC2CC2)ccc1N1CCC(N2CCC(c3cc4cccc(F)c4c(=O)[nH]3)C2)CC1. The van der Waals surface area contributed by atoms with Crippen molar-refractivity contribution in [3.05, 3.63) is 69.7 Å². The highest BCUT2D eigenvalue weighted by atomic mass is 19.1. The fourth-order valence-corrected chi connectivity index (χ4v) is 5.77. The molecule has 0 bridgehead atoms. The largest absolute Gasteiger partial charge is 0.369 e. The van der Waals surface area contributed by atoms with E-state index in [4.69, 9.17) is 0 Å². The Morgan fingerprint density at radius 1 is 1.11 bits per heavy atom. The molecule has 4 heterocycles. The molecule has 2 aromatic heterocycles. The van der Waals surface area contributed by atoms with Crippen molar-refractivity contribution in [2.75, 3.05) is 31.1 Å². The van der Waals surface area contributed by atoms with Gasteiger partial charge >= 0.3 is 0 Å². The maximum absolute atomic E-state index is 14.1. The van der Waals surface area contributed by atoms with Crippen LogP contribution in [0.4, 0.5) is 10.1 Å². The van der Waals surface area contributed by atoms with Crippen molar-refractivity contribution in [2.45, 2.75) is 50.1 Å². The Balaban J connectivity index is 1.10. The lowest BCUT2D eigenvalue weighted by Gasteiger charge is -2.38. The van der Waals surface area contributed by atoms with E-state index >= 15 is 0 Å². The zero-order valence-corrected chi connectivity index (χ0v) is 20.5. The van der Waals surface area contributed by atoms with Crippen molar-refractivity contribution < 1.29 is 9.18 Å². The van der Waals surface area contributed by atoms with Crippen LogP contribution in [0.25, 0.3) is 10.8 Å². The van der Waals surface area contributed by atoms with Crippen LogP contribution >= 0.6 is 0 Å². The first-order chi connectivity index (χ1) is 18.0. The number of H-pyrrole nitrogens is 1. The van der Waals surface area contributed by atoms with Gasteiger partial charge in [-0.2, -0.15) is 5.26 Å². The third-order valence-corrected chi connectivity index (χ3v) is 7.95. The van der Waals surface area contributed by atoms with Crippen molar-refractivity contribution in [3.8, 4) is 6.07 Å². The standard InChI is InChI=1S/C28H29FN6O2/c29-21-3-1-2-17-14-23(33-28(37)26(17)21)18-8-11-35(16-18)20-9-12-34(13-10-20)25-7-6-22(32-24(25)15-30)27(36)31-19-4-5-19/h1-3,6-7,14,18-20H,4-5,8-13,16H2,(H,31,36)(H,33,37). The zero-order chi connectivity index (χ0) is 25.5. The van der Waals surface area contributed by atoms with Gasteiger partial charge in [0.2, 0.25) is 0 Å². The van der Waals surface area contributed by atoms with Gasteiger partial charge in [-0.1, -0.05) is 12.1 Å². The van der Waals surface area contributed by atoms with Crippen LogP contribution in [0, 0.1) is 17.1 Å². The number of nitrogens with one attached hydrogen (secondary N) is 2. The summed E-state index contributed by atoms with van der Waals surface area (Å²) in [6, 6.07) is 13.1. The Hall–Kier alpha value is -3.77. The number of carbonyl (C=O) groups is 1. The molecular formula is C28H29FN6O2. The molecule has 190 valence electrons. The fourth-order valence-electron chi connectivity index (χ4n) is 5.77. The molecule has 2 aliphatic heterocycles. The van der Waals surface area contributed by atoms with Gasteiger partial charge in [0.05, 0.1) is 11.1 Å². The number of amides is 1. The molecular weight excluding hydrogens is 471 g/mol. The van der Waals surface area contributed by atoms with E-state index in [1.807, 2.05) is 12.1 Å². The molecule has 8 nitrogen and oxygen atoms in total. The Morgan fingerprint density at radius 2 is 1.92 bits per heavy atom. The molecule has 3 aromatic rings. The summed E-state index contributed by atoms with van der Waals surface area (Å²) in [5, 5.41) is 13.4. The quantitative estimate of drug-likeness (QED) is 0.557. The van der Waals surface area contributed by atoms with Gasteiger partial charge in [0.1, 0.15) is 17.6 Å². The number of anilines is 1. The number of aromatic amines is 1. The van der Waals surface area contributed by atoms with Crippen molar-refractivity contribution in [1.29, 1.82) is 5.26 Å². The van der Waals surface area contributed by atoms with Gasteiger partial charge in [0, 0.05) is 43.3 Å². The van der Waals surface area contributed by atoms with Crippen LogP contribution < -0.4 is 15.8 Å². The average molecular weight is 501 g/mol. The molecule has 9 heteroatoms. The second-order valence-electron chi connectivity index (χ2n) is 10.4. The second-order valence-corrected chi connectivity index (χ2v) is 10.4. The predicted octanol–water partition coefficient (Wildman–Crippen LogP) is 3.28. The number of hydrogen-bond acceptors (Lipinski definition) is 6. The number of hydrogen-bond donors (Lipinski definition) is 2. The highest BCUT2D eigenvalue weighted by molar-refractivity contribution is 5.93. The van der Waals surface area contributed by atoms with E-state index in [0.29, 0.717) is 22.8 Å². The number of fused-ring (bicyclic) bond motifs is 1. The molecule has 3 fully saturated rings. The number of aromatic nitrogens is 2. The molecule has 1 amide bonds. The monoisotopic (exact) mass is 500 g/mol. The molecule has 0 radical (unpaired) electrons. The van der Waals surface area contributed by atoms with E-state index < -0.39 is 5.82 Å². The van der Waals surface area contributed by atoms with Crippen molar-refractivity contribution in [1.82, 2.24) is 20.2 Å². The molecule has 1 aromatic carbocycles. The lowest BCUT2D eigenvalue weighted by atomic mass is 10.0. The first-order valence-corrected chi connectivity index (χ1v) is 13.0. The molecule has 2 N–H and O–H groups in total. The van der Waals surface area contributed by atoms with Gasteiger partial charge in [-0.05, 0) is 68.3 Å². The number of likely N-dealkylation sites (tertiary alicyclic amines) is 1. The van der Waals surface area contributed by atoms with Crippen molar-refractivity contribution in [2.24, 2.45) is 0 Å². The van der Waals surface area contributed by atoms with Crippen LogP contribution in [0.15, 0.2) is 41.2 Å². The maximum atomic E-state index is 14.1. The minimum absolute atomic E-state index is 0.122. The van der Waals surface area contributed by atoms with Gasteiger partial charge in [-0.3, -0.25) is 14.5 Å². The number of benzene rings is 1. The number of nitrogens with zero attached hydrogens (tertiary/aromatic N) is 4. The zero-order valence-electron chi connectivity index (χ0n) is 20.5. The Labute approximate surface area is 214 Å². The molecule has 2 saturated heterocycles. The van der Waals surface area contributed by atoms with Crippen LogP contribution in [0.5, 0.6) is 0 Å². The van der Waals surface area contributed by atoms with Crippen molar-refractivity contribution >= 4 is 22.4 Å². The van der Waals surface area contributed by atoms with Gasteiger partial charge in [0.15, 0.2) is 5.69 Å². The maximum Gasteiger partial charge on any atom is 0.270 e. The van der Waals surface area contributed by atoms with E-state index in [2.05, 4.69) is 31.2 Å². The molecule has 1 saturated carbocycles.